The zero-order valence-corrected chi connectivity index (χ0v) is 13.2. The van der Waals surface area contributed by atoms with E-state index in [1.54, 1.807) is 0 Å². The third kappa shape index (κ3) is 3.03. The minimum atomic E-state index is 0.321. The highest BCUT2D eigenvalue weighted by Crippen LogP contribution is 2.38. The van der Waals surface area contributed by atoms with Crippen molar-refractivity contribution in [3.8, 4) is 5.75 Å². The summed E-state index contributed by atoms with van der Waals surface area (Å²) in [5, 5.41) is 3.99. The molecule has 5 heteroatoms. The standard InChI is InChI=1S/C15H17BrN2O2/c1-9(2)12-7-11(16)5-6-13(12)19-8-14-17-15(18-20-14)10-3-4-10/h5-7,9-10H,3-4,8H2,1-2H3. The Balaban J connectivity index is 1.70. The fourth-order valence-corrected chi connectivity index (χ4v) is 2.45. The van der Waals surface area contributed by atoms with Crippen molar-refractivity contribution >= 4 is 15.9 Å². The zero-order valence-electron chi connectivity index (χ0n) is 11.6. The molecule has 0 bridgehead atoms. The van der Waals surface area contributed by atoms with E-state index in [0.717, 1.165) is 16.0 Å². The van der Waals surface area contributed by atoms with Gasteiger partial charge in [0.1, 0.15) is 5.75 Å². The van der Waals surface area contributed by atoms with Crippen molar-refractivity contribution < 1.29 is 9.26 Å². The normalized spacial score (nSPS) is 14.8. The number of halogens is 1. The van der Waals surface area contributed by atoms with E-state index in [2.05, 4.69) is 46.0 Å². The Morgan fingerprint density at radius 2 is 2.20 bits per heavy atom. The summed E-state index contributed by atoms with van der Waals surface area (Å²) in [5.41, 5.74) is 1.17. The maximum Gasteiger partial charge on any atom is 0.264 e. The molecule has 1 aliphatic carbocycles. The molecule has 1 aliphatic rings. The molecule has 1 heterocycles. The Hall–Kier alpha value is -1.36. The average molecular weight is 337 g/mol. The minimum absolute atomic E-state index is 0.321. The molecule has 4 nitrogen and oxygen atoms in total. The highest BCUT2D eigenvalue weighted by Gasteiger charge is 2.28. The van der Waals surface area contributed by atoms with Gasteiger partial charge in [0, 0.05) is 10.4 Å². The second kappa shape index (κ2) is 5.56. The van der Waals surface area contributed by atoms with Gasteiger partial charge in [-0.15, -0.1) is 0 Å². The summed E-state index contributed by atoms with van der Waals surface area (Å²) in [4.78, 5) is 4.37. The molecule has 0 aliphatic heterocycles. The van der Waals surface area contributed by atoms with Gasteiger partial charge in [-0.3, -0.25) is 0 Å². The Labute approximate surface area is 126 Å². The van der Waals surface area contributed by atoms with Crippen molar-refractivity contribution in [3.05, 3.63) is 40.0 Å². The van der Waals surface area contributed by atoms with Crippen molar-refractivity contribution in [2.45, 2.75) is 45.1 Å². The van der Waals surface area contributed by atoms with Gasteiger partial charge in [-0.1, -0.05) is 34.9 Å². The molecule has 1 aromatic carbocycles. The van der Waals surface area contributed by atoms with E-state index in [4.69, 9.17) is 9.26 Å². The molecule has 1 fully saturated rings. The summed E-state index contributed by atoms with van der Waals surface area (Å²) >= 11 is 3.49. The number of hydrogen-bond donors (Lipinski definition) is 0. The molecular weight excluding hydrogens is 320 g/mol. The molecule has 0 radical (unpaired) electrons. The lowest BCUT2D eigenvalue weighted by molar-refractivity contribution is 0.240. The number of aromatic nitrogens is 2. The number of nitrogens with zero attached hydrogens (tertiary/aromatic N) is 2. The lowest BCUT2D eigenvalue weighted by Crippen LogP contribution is -2.00. The monoisotopic (exact) mass is 336 g/mol. The Bertz CT molecular complexity index is 606. The van der Waals surface area contributed by atoms with Gasteiger partial charge in [-0.25, -0.2) is 0 Å². The summed E-state index contributed by atoms with van der Waals surface area (Å²) in [6, 6.07) is 6.03. The first-order chi connectivity index (χ1) is 9.63. The summed E-state index contributed by atoms with van der Waals surface area (Å²) in [7, 11) is 0. The predicted molar refractivity (Wildman–Crippen MR) is 78.8 cm³/mol. The second-order valence-corrected chi connectivity index (χ2v) is 6.36. The molecule has 2 aromatic rings. The van der Waals surface area contributed by atoms with Crippen LogP contribution in [0.3, 0.4) is 0 Å². The van der Waals surface area contributed by atoms with E-state index in [0.29, 0.717) is 24.3 Å². The first-order valence-corrected chi connectivity index (χ1v) is 7.67. The third-order valence-electron chi connectivity index (χ3n) is 3.37. The SMILES string of the molecule is CC(C)c1cc(Br)ccc1OCc1nc(C2CC2)no1. The van der Waals surface area contributed by atoms with Gasteiger partial charge in [0.2, 0.25) is 0 Å². The Morgan fingerprint density at radius 3 is 2.90 bits per heavy atom. The maximum absolute atomic E-state index is 5.84. The van der Waals surface area contributed by atoms with E-state index < -0.39 is 0 Å². The van der Waals surface area contributed by atoms with Crippen LogP contribution in [0.4, 0.5) is 0 Å². The van der Waals surface area contributed by atoms with Crippen LogP contribution in [-0.4, -0.2) is 10.1 Å². The predicted octanol–water partition coefficient (Wildman–Crippen LogP) is 4.41. The van der Waals surface area contributed by atoms with E-state index in [1.165, 1.54) is 18.4 Å². The molecule has 3 rings (SSSR count). The molecular formula is C15H17BrN2O2. The molecule has 0 saturated heterocycles. The largest absolute Gasteiger partial charge is 0.483 e. The van der Waals surface area contributed by atoms with Crippen LogP contribution in [0.5, 0.6) is 5.75 Å². The zero-order chi connectivity index (χ0) is 14.1. The van der Waals surface area contributed by atoms with Crippen LogP contribution in [0.2, 0.25) is 0 Å². The van der Waals surface area contributed by atoms with Gasteiger partial charge < -0.3 is 9.26 Å². The van der Waals surface area contributed by atoms with Gasteiger partial charge in [-0.2, -0.15) is 4.98 Å². The smallest absolute Gasteiger partial charge is 0.264 e. The maximum atomic E-state index is 5.84. The van der Waals surface area contributed by atoms with Gasteiger partial charge in [0.25, 0.3) is 5.89 Å². The fraction of sp³-hybridized carbons (Fsp3) is 0.467. The van der Waals surface area contributed by atoms with Gasteiger partial charge in [0.15, 0.2) is 12.4 Å². The van der Waals surface area contributed by atoms with E-state index >= 15 is 0 Å². The van der Waals surface area contributed by atoms with E-state index in [1.807, 2.05) is 12.1 Å². The summed E-state index contributed by atoms with van der Waals surface area (Å²) in [5.74, 6) is 3.14. The third-order valence-corrected chi connectivity index (χ3v) is 3.86. The van der Waals surface area contributed by atoms with E-state index in [9.17, 15) is 0 Å². The molecule has 0 atom stereocenters. The van der Waals surface area contributed by atoms with E-state index in [-0.39, 0.29) is 0 Å². The molecule has 1 saturated carbocycles. The molecule has 1 aromatic heterocycles. The highest BCUT2D eigenvalue weighted by molar-refractivity contribution is 9.10. The highest BCUT2D eigenvalue weighted by atomic mass is 79.9. The molecule has 0 unspecified atom stereocenters. The molecule has 0 spiro atoms. The number of benzene rings is 1. The van der Waals surface area contributed by atoms with Crippen molar-refractivity contribution in [2.24, 2.45) is 0 Å². The van der Waals surface area contributed by atoms with Crippen molar-refractivity contribution in [1.82, 2.24) is 10.1 Å². The van der Waals surface area contributed by atoms with Crippen LogP contribution in [-0.2, 0) is 6.61 Å². The first kappa shape index (κ1) is 13.6. The van der Waals surface area contributed by atoms with Crippen LogP contribution in [0.1, 0.15) is 55.8 Å². The summed E-state index contributed by atoms with van der Waals surface area (Å²) in [6.45, 7) is 4.61. The fourth-order valence-electron chi connectivity index (χ4n) is 2.08. The Morgan fingerprint density at radius 1 is 1.40 bits per heavy atom. The average Bonchev–Trinajstić information content (AvgIpc) is 3.17. The molecule has 0 N–H and O–H groups in total. The van der Waals surface area contributed by atoms with Crippen LogP contribution >= 0.6 is 15.9 Å². The number of hydrogen-bond acceptors (Lipinski definition) is 4. The number of ether oxygens (including phenoxy) is 1. The van der Waals surface area contributed by atoms with Crippen LogP contribution < -0.4 is 4.74 Å². The van der Waals surface area contributed by atoms with Crippen molar-refractivity contribution in [3.63, 3.8) is 0 Å². The van der Waals surface area contributed by atoms with Crippen molar-refractivity contribution in [2.75, 3.05) is 0 Å². The topological polar surface area (TPSA) is 48.2 Å². The van der Waals surface area contributed by atoms with Gasteiger partial charge >= 0.3 is 0 Å². The quantitative estimate of drug-likeness (QED) is 0.811. The molecule has 20 heavy (non-hydrogen) atoms. The first-order valence-electron chi connectivity index (χ1n) is 6.88. The number of rotatable bonds is 5. The van der Waals surface area contributed by atoms with Crippen LogP contribution in [0, 0.1) is 0 Å². The lowest BCUT2D eigenvalue weighted by atomic mass is 10.0. The minimum Gasteiger partial charge on any atom is -0.483 e. The molecule has 106 valence electrons. The molecule has 0 amide bonds. The van der Waals surface area contributed by atoms with Gasteiger partial charge in [0.05, 0.1) is 0 Å². The Kier molecular flexibility index (Phi) is 3.78. The second-order valence-electron chi connectivity index (χ2n) is 5.45. The summed E-state index contributed by atoms with van der Waals surface area (Å²) < 4.78 is 12.1. The van der Waals surface area contributed by atoms with Gasteiger partial charge in [-0.05, 0) is 42.5 Å². The van der Waals surface area contributed by atoms with Crippen LogP contribution in [0.25, 0.3) is 0 Å². The lowest BCUT2D eigenvalue weighted by Gasteiger charge is -2.13. The van der Waals surface area contributed by atoms with Crippen LogP contribution in [0.15, 0.2) is 27.2 Å². The summed E-state index contributed by atoms with van der Waals surface area (Å²) in [6.07, 6.45) is 2.34. The van der Waals surface area contributed by atoms with Crippen molar-refractivity contribution in [1.29, 1.82) is 0 Å².